The van der Waals surface area contributed by atoms with E-state index in [1.165, 1.54) is 30.0 Å². The molecule has 3 aromatic carbocycles. The maximum Gasteiger partial charge on any atom is 0.244 e. The zero-order valence-corrected chi connectivity index (χ0v) is 18.9. The first kappa shape index (κ1) is 22.3. The Balaban J connectivity index is 1.79. The van der Waals surface area contributed by atoms with Crippen molar-refractivity contribution >= 4 is 32.3 Å². The van der Waals surface area contributed by atoms with Gasteiger partial charge in [0.15, 0.2) is 0 Å². The number of nitrogens with zero attached hydrogens (tertiary/aromatic N) is 1. The minimum Gasteiger partial charge on any atom is -0.495 e. The van der Waals surface area contributed by atoms with Gasteiger partial charge in [0.05, 0.1) is 23.2 Å². The standard InChI is InChI=1S/C25H22N2O5S/c1-17-11-13-18(14-12-17)33(30,31)23-15-27(21-9-5-3-7-19(21)25(23)29)16-24(28)26-20-8-4-6-10-22(20)32-2/h3-15H,16H2,1-2H3,(H,26,28). The zero-order valence-electron chi connectivity index (χ0n) is 18.1. The minimum absolute atomic E-state index is 0.0190. The zero-order chi connectivity index (χ0) is 23.6. The molecule has 0 radical (unpaired) electrons. The van der Waals surface area contributed by atoms with Gasteiger partial charge >= 0.3 is 0 Å². The first-order chi connectivity index (χ1) is 15.8. The highest BCUT2D eigenvalue weighted by Crippen LogP contribution is 2.24. The average molecular weight is 463 g/mol. The molecule has 33 heavy (non-hydrogen) atoms. The summed E-state index contributed by atoms with van der Waals surface area (Å²) in [6, 6.07) is 19.9. The van der Waals surface area contributed by atoms with Crippen molar-refractivity contribution in [1.29, 1.82) is 0 Å². The van der Waals surface area contributed by atoms with Gasteiger partial charge in [-0.2, -0.15) is 0 Å². The molecule has 0 aliphatic rings. The Bertz CT molecular complexity index is 1510. The molecule has 8 heteroatoms. The maximum atomic E-state index is 13.3. The number of anilines is 1. The van der Waals surface area contributed by atoms with Crippen LogP contribution in [0, 0.1) is 6.92 Å². The molecule has 0 saturated heterocycles. The quantitative estimate of drug-likeness (QED) is 0.471. The predicted molar refractivity (Wildman–Crippen MR) is 126 cm³/mol. The highest BCUT2D eigenvalue weighted by atomic mass is 32.2. The first-order valence-electron chi connectivity index (χ1n) is 10.2. The van der Waals surface area contributed by atoms with E-state index in [1.807, 2.05) is 6.92 Å². The van der Waals surface area contributed by atoms with Crippen LogP contribution in [0.15, 0.2) is 93.6 Å². The van der Waals surface area contributed by atoms with Gasteiger partial charge in [-0.3, -0.25) is 9.59 Å². The van der Waals surface area contributed by atoms with Crippen molar-refractivity contribution < 1.29 is 17.9 Å². The molecule has 0 aliphatic carbocycles. The number of hydrogen-bond acceptors (Lipinski definition) is 5. The molecule has 4 rings (SSSR count). The summed E-state index contributed by atoms with van der Waals surface area (Å²) < 4.78 is 33.3. The van der Waals surface area contributed by atoms with Gasteiger partial charge in [-0.1, -0.05) is 42.0 Å². The lowest BCUT2D eigenvalue weighted by Gasteiger charge is -2.15. The van der Waals surface area contributed by atoms with Crippen molar-refractivity contribution in [2.75, 3.05) is 12.4 Å². The number of para-hydroxylation sites is 3. The molecular weight excluding hydrogens is 440 g/mol. The van der Waals surface area contributed by atoms with Gasteiger partial charge in [0.2, 0.25) is 21.2 Å². The highest BCUT2D eigenvalue weighted by Gasteiger charge is 2.24. The Morgan fingerprint density at radius 1 is 0.970 bits per heavy atom. The molecular formula is C25H22N2O5S. The van der Waals surface area contributed by atoms with Crippen LogP contribution in [-0.4, -0.2) is 26.0 Å². The first-order valence-corrected chi connectivity index (χ1v) is 11.7. The van der Waals surface area contributed by atoms with Gasteiger partial charge in [0.25, 0.3) is 0 Å². The SMILES string of the molecule is COc1ccccc1NC(=O)Cn1cc(S(=O)(=O)c2ccc(C)cc2)c(=O)c2ccccc21. The van der Waals surface area contributed by atoms with Crippen LogP contribution in [0.5, 0.6) is 5.75 Å². The second kappa shape index (κ2) is 8.91. The second-order valence-electron chi connectivity index (χ2n) is 7.53. The number of aromatic nitrogens is 1. The van der Waals surface area contributed by atoms with E-state index in [9.17, 15) is 18.0 Å². The lowest BCUT2D eigenvalue weighted by Crippen LogP contribution is -2.24. The van der Waals surface area contributed by atoms with E-state index in [2.05, 4.69) is 5.32 Å². The molecule has 4 aromatic rings. The Kier molecular flexibility index (Phi) is 6.02. The van der Waals surface area contributed by atoms with Gasteiger partial charge < -0.3 is 14.6 Å². The second-order valence-corrected chi connectivity index (χ2v) is 9.45. The monoisotopic (exact) mass is 462 g/mol. The number of methoxy groups -OCH3 is 1. The Morgan fingerprint density at radius 2 is 1.64 bits per heavy atom. The molecule has 0 saturated carbocycles. The molecule has 7 nitrogen and oxygen atoms in total. The van der Waals surface area contributed by atoms with Crippen LogP contribution in [-0.2, 0) is 21.2 Å². The van der Waals surface area contributed by atoms with Gasteiger partial charge in [0.1, 0.15) is 17.2 Å². The van der Waals surface area contributed by atoms with Crippen molar-refractivity contribution in [2.45, 2.75) is 23.3 Å². The minimum atomic E-state index is -4.09. The van der Waals surface area contributed by atoms with E-state index < -0.39 is 21.2 Å². The number of aryl methyl sites for hydroxylation is 1. The topological polar surface area (TPSA) is 94.5 Å². The lowest BCUT2D eigenvalue weighted by atomic mass is 10.2. The molecule has 1 aromatic heterocycles. The molecule has 1 heterocycles. The van der Waals surface area contributed by atoms with Crippen molar-refractivity contribution in [3.63, 3.8) is 0 Å². The van der Waals surface area contributed by atoms with E-state index in [4.69, 9.17) is 4.74 Å². The molecule has 0 aliphatic heterocycles. The van der Waals surface area contributed by atoms with Gasteiger partial charge in [-0.05, 0) is 43.3 Å². The molecule has 0 fully saturated rings. The number of pyridine rings is 1. The average Bonchev–Trinajstić information content (AvgIpc) is 2.81. The van der Waals surface area contributed by atoms with Crippen LogP contribution in [0.25, 0.3) is 10.9 Å². The van der Waals surface area contributed by atoms with Gasteiger partial charge in [-0.25, -0.2) is 8.42 Å². The predicted octanol–water partition coefficient (Wildman–Crippen LogP) is 3.79. The normalized spacial score (nSPS) is 11.3. The highest BCUT2D eigenvalue weighted by molar-refractivity contribution is 7.91. The number of fused-ring (bicyclic) bond motifs is 1. The van der Waals surface area contributed by atoms with Crippen molar-refractivity contribution in [3.8, 4) is 5.75 Å². The van der Waals surface area contributed by atoms with E-state index in [0.29, 0.717) is 17.0 Å². The Labute approximate surface area is 191 Å². The number of carbonyl (C=O) groups excluding carboxylic acids is 1. The van der Waals surface area contributed by atoms with Crippen LogP contribution in [0.3, 0.4) is 0 Å². The fraction of sp³-hybridized carbons (Fsp3) is 0.120. The number of benzene rings is 3. The summed E-state index contributed by atoms with van der Waals surface area (Å²) in [5.41, 5.74) is 1.24. The van der Waals surface area contributed by atoms with Crippen LogP contribution in [0.1, 0.15) is 5.56 Å². The van der Waals surface area contributed by atoms with Gasteiger partial charge in [-0.15, -0.1) is 0 Å². The summed E-state index contributed by atoms with van der Waals surface area (Å²) in [4.78, 5) is 25.6. The molecule has 0 bridgehead atoms. The fourth-order valence-electron chi connectivity index (χ4n) is 3.58. The molecule has 0 atom stereocenters. The van der Waals surface area contributed by atoms with Crippen LogP contribution < -0.4 is 15.5 Å². The Morgan fingerprint density at radius 3 is 2.36 bits per heavy atom. The van der Waals surface area contributed by atoms with E-state index in [0.717, 1.165) is 5.56 Å². The number of amides is 1. The molecule has 168 valence electrons. The van der Waals surface area contributed by atoms with E-state index in [1.54, 1.807) is 60.7 Å². The van der Waals surface area contributed by atoms with Gasteiger partial charge in [0, 0.05) is 11.6 Å². The maximum absolute atomic E-state index is 13.3. The van der Waals surface area contributed by atoms with Crippen molar-refractivity contribution in [1.82, 2.24) is 4.57 Å². The summed E-state index contributed by atoms with van der Waals surface area (Å²) in [5.74, 6) is 0.102. The Hall–Kier alpha value is -3.91. The number of sulfone groups is 1. The number of carbonyl (C=O) groups is 1. The van der Waals surface area contributed by atoms with Crippen LogP contribution in [0.2, 0.25) is 0 Å². The summed E-state index contributed by atoms with van der Waals surface area (Å²) in [6.07, 6.45) is 1.24. The molecule has 0 spiro atoms. The summed E-state index contributed by atoms with van der Waals surface area (Å²) in [6.45, 7) is 1.65. The smallest absolute Gasteiger partial charge is 0.244 e. The van der Waals surface area contributed by atoms with Crippen molar-refractivity contribution in [3.05, 3.63) is 94.8 Å². The number of hydrogen-bond donors (Lipinski definition) is 1. The van der Waals surface area contributed by atoms with E-state index in [-0.39, 0.29) is 21.7 Å². The van der Waals surface area contributed by atoms with E-state index >= 15 is 0 Å². The van der Waals surface area contributed by atoms with Crippen LogP contribution in [0.4, 0.5) is 5.69 Å². The summed E-state index contributed by atoms with van der Waals surface area (Å²) >= 11 is 0. The largest absolute Gasteiger partial charge is 0.495 e. The fourth-order valence-corrected chi connectivity index (χ4v) is 4.95. The number of rotatable bonds is 6. The molecule has 1 N–H and O–H groups in total. The lowest BCUT2D eigenvalue weighted by molar-refractivity contribution is -0.116. The molecule has 0 unspecified atom stereocenters. The van der Waals surface area contributed by atoms with Crippen LogP contribution >= 0.6 is 0 Å². The summed E-state index contributed by atoms with van der Waals surface area (Å²) in [5, 5.41) is 2.99. The summed E-state index contributed by atoms with van der Waals surface area (Å²) in [7, 11) is -2.59. The van der Waals surface area contributed by atoms with Crippen molar-refractivity contribution in [2.24, 2.45) is 0 Å². The number of ether oxygens (including phenoxy) is 1. The third-order valence-corrected chi connectivity index (χ3v) is 7.03. The third-order valence-electron chi connectivity index (χ3n) is 5.27. The number of nitrogens with one attached hydrogen (secondary N) is 1. The molecule has 1 amide bonds. The third kappa shape index (κ3) is 4.38.